The summed E-state index contributed by atoms with van der Waals surface area (Å²) in [5.41, 5.74) is 8.05. The second kappa shape index (κ2) is 6.86. The normalized spacial score (nSPS) is 12.2. The Kier molecular flexibility index (Phi) is 5.15. The second-order valence-electron chi connectivity index (χ2n) is 4.81. The van der Waals surface area contributed by atoms with E-state index >= 15 is 0 Å². The molecule has 1 atom stereocenters. The fourth-order valence-electron chi connectivity index (χ4n) is 1.93. The third-order valence-electron chi connectivity index (χ3n) is 3.21. The molecule has 0 saturated heterocycles. The first kappa shape index (κ1) is 15.0. The summed E-state index contributed by atoms with van der Waals surface area (Å²) in [6, 6.07) is 9.95. The Labute approximate surface area is 128 Å². The zero-order valence-electron chi connectivity index (χ0n) is 11.8. The second-order valence-corrected chi connectivity index (χ2v) is 5.73. The van der Waals surface area contributed by atoms with Crippen molar-refractivity contribution in [2.24, 2.45) is 5.73 Å². The molecule has 0 aliphatic heterocycles. The Balaban J connectivity index is 2.29. The lowest BCUT2D eigenvalue weighted by molar-refractivity contribution is 0.465. The monoisotopic (exact) mass is 334 g/mol. The minimum absolute atomic E-state index is 0.140. The number of pyridine rings is 1. The van der Waals surface area contributed by atoms with Gasteiger partial charge in [-0.1, -0.05) is 22.9 Å². The van der Waals surface area contributed by atoms with E-state index in [1.54, 1.807) is 6.20 Å². The highest BCUT2D eigenvalue weighted by atomic mass is 79.9. The average Bonchev–Trinajstić information content (AvgIpc) is 2.44. The molecule has 0 aliphatic rings. The number of nitrogens with two attached hydrogens (primary N) is 1. The van der Waals surface area contributed by atoms with E-state index in [0.29, 0.717) is 0 Å². The first-order valence-electron chi connectivity index (χ1n) is 6.73. The van der Waals surface area contributed by atoms with Crippen LogP contribution in [0.25, 0.3) is 0 Å². The number of halogens is 1. The Bertz CT molecular complexity index is 586. The zero-order valence-corrected chi connectivity index (χ0v) is 13.4. The van der Waals surface area contributed by atoms with E-state index in [1.807, 2.05) is 31.2 Å². The molecule has 1 heterocycles. The van der Waals surface area contributed by atoms with Crippen molar-refractivity contribution in [3.63, 3.8) is 0 Å². The van der Waals surface area contributed by atoms with Crippen LogP contribution in [0.2, 0.25) is 0 Å². The molecule has 2 N–H and O–H groups in total. The van der Waals surface area contributed by atoms with Gasteiger partial charge in [-0.15, -0.1) is 0 Å². The van der Waals surface area contributed by atoms with Gasteiger partial charge in [-0.2, -0.15) is 0 Å². The molecule has 0 radical (unpaired) electrons. The zero-order chi connectivity index (χ0) is 14.5. The predicted molar refractivity (Wildman–Crippen MR) is 85.2 cm³/mol. The van der Waals surface area contributed by atoms with Crippen molar-refractivity contribution < 1.29 is 4.74 Å². The summed E-state index contributed by atoms with van der Waals surface area (Å²) >= 11 is 3.50. The van der Waals surface area contributed by atoms with E-state index < -0.39 is 0 Å². The van der Waals surface area contributed by atoms with Gasteiger partial charge in [0.25, 0.3) is 0 Å². The van der Waals surface area contributed by atoms with Crippen molar-refractivity contribution in [2.75, 3.05) is 0 Å². The number of aromatic nitrogens is 1. The van der Waals surface area contributed by atoms with Gasteiger partial charge < -0.3 is 10.5 Å². The van der Waals surface area contributed by atoms with Crippen LogP contribution in [-0.2, 0) is 6.42 Å². The number of hydrogen-bond donors (Lipinski definition) is 1. The van der Waals surface area contributed by atoms with Crippen molar-refractivity contribution in [2.45, 2.75) is 32.7 Å². The van der Waals surface area contributed by atoms with Crippen molar-refractivity contribution in [3.8, 4) is 11.5 Å². The van der Waals surface area contributed by atoms with Crippen LogP contribution in [0.5, 0.6) is 11.5 Å². The summed E-state index contributed by atoms with van der Waals surface area (Å²) in [5.74, 6) is 1.62. The summed E-state index contributed by atoms with van der Waals surface area (Å²) in [5, 5.41) is 0. The molecule has 0 bridgehead atoms. The van der Waals surface area contributed by atoms with Crippen molar-refractivity contribution in [3.05, 3.63) is 52.3 Å². The molecule has 1 aromatic heterocycles. The van der Waals surface area contributed by atoms with Crippen molar-refractivity contribution in [1.82, 2.24) is 4.98 Å². The van der Waals surface area contributed by atoms with Gasteiger partial charge in [0.15, 0.2) is 0 Å². The van der Waals surface area contributed by atoms with Gasteiger partial charge >= 0.3 is 0 Å². The van der Waals surface area contributed by atoms with Gasteiger partial charge in [0, 0.05) is 16.7 Å². The third-order valence-corrected chi connectivity index (χ3v) is 3.70. The molecular formula is C16H19BrN2O. The molecule has 0 spiro atoms. The number of ether oxygens (including phenoxy) is 1. The summed E-state index contributed by atoms with van der Waals surface area (Å²) < 4.78 is 7.04. The first-order chi connectivity index (χ1) is 9.60. The van der Waals surface area contributed by atoms with Gasteiger partial charge in [-0.3, -0.25) is 4.98 Å². The molecule has 1 aromatic carbocycles. The van der Waals surface area contributed by atoms with E-state index in [2.05, 4.69) is 33.9 Å². The number of benzene rings is 1. The quantitative estimate of drug-likeness (QED) is 0.890. The van der Waals surface area contributed by atoms with Crippen molar-refractivity contribution in [1.29, 1.82) is 0 Å². The van der Waals surface area contributed by atoms with Crippen LogP contribution in [0.1, 0.15) is 24.6 Å². The highest BCUT2D eigenvalue weighted by molar-refractivity contribution is 9.10. The molecule has 20 heavy (non-hydrogen) atoms. The minimum Gasteiger partial charge on any atom is -0.455 e. The van der Waals surface area contributed by atoms with E-state index in [1.165, 1.54) is 0 Å². The molecule has 106 valence electrons. The van der Waals surface area contributed by atoms with E-state index in [0.717, 1.165) is 40.1 Å². The maximum atomic E-state index is 6.06. The third kappa shape index (κ3) is 3.81. The molecule has 3 nitrogen and oxygen atoms in total. The van der Waals surface area contributed by atoms with Crippen LogP contribution >= 0.6 is 15.9 Å². The summed E-state index contributed by atoms with van der Waals surface area (Å²) in [4.78, 5) is 4.24. The highest BCUT2D eigenvalue weighted by Crippen LogP contribution is 2.30. The molecule has 4 heteroatoms. The minimum atomic E-state index is 0.140. The first-order valence-corrected chi connectivity index (χ1v) is 7.53. The average molecular weight is 335 g/mol. The van der Waals surface area contributed by atoms with Crippen LogP contribution in [-0.4, -0.2) is 11.0 Å². The lowest BCUT2D eigenvalue weighted by Gasteiger charge is -2.15. The maximum Gasteiger partial charge on any atom is 0.148 e. The van der Waals surface area contributed by atoms with Gasteiger partial charge in [0.1, 0.15) is 11.5 Å². The Morgan fingerprint density at radius 3 is 2.80 bits per heavy atom. The summed E-state index contributed by atoms with van der Waals surface area (Å²) in [7, 11) is 0. The largest absolute Gasteiger partial charge is 0.455 e. The van der Waals surface area contributed by atoms with Crippen LogP contribution in [0.15, 0.2) is 41.0 Å². The lowest BCUT2D eigenvalue weighted by atomic mass is 10.0. The van der Waals surface area contributed by atoms with Crippen LogP contribution in [0, 0.1) is 6.92 Å². The van der Waals surface area contributed by atoms with Crippen LogP contribution in [0.4, 0.5) is 0 Å². The van der Waals surface area contributed by atoms with Gasteiger partial charge in [-0.05, 0) is 55.7 Å². The number of hydrogen-bond acceptors (Lipinski definition) is 3. The number of aryl methyl sites for hydroxylation is 1. The van der Waals surface area contributed by atoms with Gasteiger partial charge in [0.2, 0.25) is 0 Å². The van der Waals surface area contributed by atoms with Crippen LogP contribution in [0.3, 0.4) is 0 Å². The maximum absolute atomic E-state index is 6.06. The summed E-state index contributed by atoms with van der Waals surface area (Å²) in [6.45, 7) is 4.03. The smallest absolute Gasteiger partial charge is 0.148 e. The fraction of sp³-hybridized carbons (Fsp3) is 0.312. The topological polar surface area (TPSA) is 48.1 Å². The van der Waals surface area contributed by atoms with Crippen LogP contribution < -0.4 is 10.5 Å². The van der Waals surface area contributed by atoms with Crippen molar-refractivity contribution >= 4 is 15.9 Å². The molecule has 0 saturated carbocycles. The molecule has 0 fully saturated rings. The predicted octanol–water partition coefficient (Wildman–Crippen LogP) is 4.22. The fourth-order valence-corrected chi connectivity index (χ4v) is 2.34. The molecule has 1 unspecified atom stereocenters. The Hall–Kier alpha value is -1.39. The molecule has 2 aromatic rings. The number of rotatable bonds is 5. The molecule has 2 rings (SSSR count). The molecule has 0 amide bonds. The molecular weight excluding hydrogens is 316 g/mol. The standard InChI is InChI=1S/C16H19BrN2O/c1-3-14(18)10-12-9-13(17)6-7-16(12)20-15-5-4-8-19-11(15)2/h4-9,14H,3,10,18H2,1-2H3. The number of nitrogens with zero attached hydrogens (tertiary/aromatic N) is 1. The summed E-state index contributed by atoms with van der Waals surface area (Å²) in [6.07, 6.45) is 3.50. The highest BCUT2D eigenvalue weighted by Gasteiger charge is 2.11. The lowest BCUT2D eigenvalue weighted by Crippen LogP contribution is -2.21. The van der Waals surface area contributed by atoms with Gasteiger partial charge in [0.05, 0.1) is 5.69 Å². The van der Waals surface area contributed by atoms with E-state index in [-0.39, 0.29) is 6.04 Å². The molecule has 0 aliphatic carbocycles. The van der Waals surface area contributed by atoms with Gasteiger partial charge in [-0.25, -0.2) is 0 Å². The Morgan fingerprint density at radius 1 is 1.30 bits per heavy atom. The Morgan fingerprint density at radius 2 is 2.10 bits per heavy atom. The van der Waals surface area contributed by atoms with E-state index in [9.17, 15) is 0 Å². The van der Waals surface area contributed by atoms with E-state index in [4.69, 9.17) is 10.5 Å². The SMILES string of the molecule is CCC(N)Cc1cc(Br)ccc1Oc1cccnc1C.